The number of benzene rings is 3. The Morgan fingerprint density at radius 2 is 1.63 bits per heavy atom. The van der Waals surface area contributed by atoms with Crippen molar-refractivity contribution in [1.82, 2.24) is 15.5 Å². The number of alkyl carbamates (subject to hydrolysis) is 1. The van der Waals surface area contributed by atoms with Gasteiger partial charge in [-0.1, -0.05) is 86.5 Å². The number of fused-ring (bicyclic) bond motifs is 1. The fourth-order valence-electron chi connectivity index (χ4n) is 9.00. The van der Waals surface area contributed by atoms with Gasteiger partial charge in [0, 0.05) is 29.6 Å². The van der Waals surface area contributed by atoms with Gasteiger partial charge in [-0.3, -0.25) is 19.3 Å². The van der Waals surface area contributed by atoms with Crippen LogP contribution in [0.2, 0.25) is 0 Å². The first-order valence-electron chi connectivity index (χ1n) is 20.4. The number of hydrogen-bond acceptors (Lipinski definition) is 9. The average molecular weight is 781 g/mol. The van der Waals surface area contributed by atoms with E-state index in [1.54, 1.807) is 18.2 Å². The Morgan fingerprint density at radius 1 is 0.877 bits per heavy atom. The molecule has 0 aromatic heterocycles. The summed E-state index contributed by atoms with van der Waals surface area (Å²) in [4.78, 5) is 57.0. The van der Waals surface area contributed by atoms with Crippen molar-refractivity contribution in [3.8, 4) is 0 Å². The maximum Gasteiger partial charge on any atom is 0.408 e. The zero-order chi connectivity index (χ0) is 40.3. The Bertz CT molecular complexity index is 1900. The summed E-state index contributed by atoms with van der Waals surface area (Å²) in [5.41, 5.74) is 3.13. The van der Waals surface area contributed by atoms with Gasteiger partial charge in [-0.25, -0.2) is 9.69 Å². The molecular formula is C45H56N4O8. The summed E-state index contributed by atoms with van der Waals surface area (Å²) in [6, 6.07) is 22.9. The Hall–Kier alpha value is -4.62. The molecule has 7 rings (SSSR count). The molecule has 0 spiro atoms. The smallest absolute Gasteiger partial charge is 0.408 e. The van der Waals surface area contributed by atoms with Gasteiger partial charge in [-0.15, -0.1) is 0 Å². The zero-order valence-corrected chi connectivity index (χ0v) is 33.4. The summed E-state index contributed by atoms with van der Waals surface area (Å²) in [5.74, 6) is -0.546. The van der Waals surface area contributed by atoms with Crippen molar-refractivity contribution in [2.24, 2.45) is 11.8 Å². The Labute approximate surface area is 335 Å². The van der Waals surface area contributed by atoms with Crippen molar-refractivity contribution in [1.29, 1.82) is 0 Å². The van der Waals surface area contributed by atoms with E-state index in [4.69, 9.17) is 14.2 Å². The summed E-state index contributed by atoms with van der Waals surface area (Å²) in [5, 5.41) is 15.6. The summed E-state index contributed by atoms with van der Waals surface area (Å²) in [6.07, 6.45) is 3.77. The second-order valence-corrected chi connectivity index (χ2v) is 17.1. The number of piperidine rings is 1. The molecule has 304 valence electrons. The molecule has 0 bridgehead atoms. The fraction of sp³-hybridized carbons (Fsp3) is 0.511. The van der Waals surface area contributed by atoms with Crippen LogP contribution >= 0.6 is 0 Å². The number of carbonyl (C=O) groups is 4. The third-order valence-electron chi connectivity index (χ3n) is 11.9. The number of rotatable bonds is 10. The van der Waals surface area contributed by atoms with Crippen LogP contribution in [-0.2, 0) is 41.8 Å². The topological polar surface area (TPSA) is 147 Å². The summed E-state index contributed by atoms with van der Waals surface area (Å²) < 4.78 is 19.0. The van der Waals surface area contributed by atoms with Crippen LogP contribution in [0, 0.1) is 11.8 Å². The van der Waals surface area contributed by atoms with Gasteiger partial charge in [0.15, 0.2) is 6.29 Å². The lowest BCUT2D eigenvalue weighted by Gasteiger charge is -2.51. The number of aliphatic hydroxyl groups excluding tert-OH is 1. The first-order chi connectivity index (χ1) is 27.4. The van der Waals surface area contributed by atoms with E-state index in [0.717, 1.165) is 53.7 Å². The molecule has 3 N–H and O–H groups in total. The van der Waals surface area contributed by atoms with Gasteiger partial charge in [0.05, 0.1) is 37.0 Å². The molecule has 8 atom stereocenters. The second-order valence-electron chi connectivity index (χ2n) is 17.1. The van der Waals surface area contributed by atoms with E-state index in [0.29, 0.717) is 23.7 Å². The first-order valence-corrected chi connectivity index (χ1v) is 20.4. The molecule has 4 amide bonds. The minimum atomic E-state index is -1.07. The number of amides is 4. The van der Waals surface area contributed by atoms with Gasteiger partial charge in [0.1, 0.15) is 12.6 Å². The SMILES string of the molecule is CC1C(CN2C(C(=O)NC(C)(C)C)CCC3CCCCC32)OC(c2cccc(N3C(=O)CC(NC(=O)OCc4ccccc4)C3=O)c2)OC1c1ccc(CO)cc1. The minimum Gasteiger partial charge on any atom is -0.445 e. The highest BCUT2D eigenvalue weighted by atomic mass is 16.7. The number of nitrogens with zero attached hydrogens (tertiary/aromatic N) is 2. The van der Waals surface area contributed by atoms with E-state index in [1.807, 2.05) is 81.4 Å². The average Bonchev–Trinajstić information content (AvgIpc) is 3.48. The standard InChI is InChI=1S/C45H56N4O8/c1-28-38(25-48-36-16-9-8-13-31(36)21-22-37(48)41(52)47-45(2,3)4)56-43(57-40(28)32-19-17-29(26-50)18-20-32)33-14-10-15-34(23-33)49-39(51)24-35(42(49)53)46-44(54)55-27-30-11-6-5-7-12-30/h5-7,10-12,14-15,17-20,23,28,31,35-38,40,43,50H,8-9,13,16,21-22,24-27H2,1-4H3,(H,46,54)(H,47,52). The molecule has 4 aliphatic rings. The molecule has 0 radical (unpaired) electrons. The number of carbonyl (C=O) groups excluding carboxylic acids is 4. The number of ether oxygens (including phenoxy) is 3. The molecule has 3 aromatic carbocycles. The van der Waals surface area contributed by atoms with Crippen LogP contribution in [0.3, 0.4) is 0 Å². The highest BCUT2D eigenvalue weighted by Gasteiger charge is 2.47. The lowest BCUT2D eigenvalue weighted by atomic mass is 9.75. The van der Waals surface area contributed by atoms with Gasteiger partial charge in [0.25, 0.3) is 5.91 Å². The third kappa shape index (κ3) is 9.41. The van der Waals surface area contributed by atoms with Crippen molar-refractivity contribution in [2.75, 3.05) is 11.4 Å². The molecule has 57 heavy (non-hydrogen) atoms. The van der Waals surface area contributed by atoms with Crippen molar-refractivity contribution in [3.05, 3.63) is 101 Å². The molecule has 8 unspecified atom stereocenters. The Kier molecular flexibility index (Phi) is 12.4. The van der Waals surface area contributed by atoms with Crippen LogP contribution in [0.5, 0.6) is 0 Å². The van der Waals surface area contributed by atoms with Crippen molar-refractivity contribution < 1.29 is 38.5 Å². The van der Waals surface area contributed by atoms with Gasteiger partial charge in [-0.2, -0.15) is 0 Å². The van der Waals surface area contributed by atoms with E-state index in [2.05, 4.69) is 22.5 Å². The molecule has 1 aliphatic carbocycles. The van der Waals surface area contributed by atoms with Crippen molar-refractivity contribution in [2.45, 2.75) is 128 Å². The molecule has 1 saturated carbocycles. The van der Waals surface area contributed by atoms with E-state index in [-0.39, 0.29) is 55.2 Å². The molecule has 3 aliphatic heterocycles. The molecule has 12 heteroatoms. The van der Waals surface area contributed by atoms with Crippen LogP contribution in [0.4, 0.5) is 10.5 Å². The van der Waals surface area contributed by atoms with Crippen LogP contribution in [0.1, 0.15) is 107 Å². The van der Waals surface area contributed by atoms with E-state index < -0.39 is 36.3 Å². The zero-order valence-electron chi connectivity index (χ0n) is 33.4. The molecule has 4 fully saturated rings. The van der Waals surface area contributed by atoms with Gasteiger partial charge < -0.3 is 30.0 Å². The number of nitrogens with one attached hydrogen (secondary N) is 2. The number of imide groups is 1. The van der Waals surface area contributed by atoms with Crippen LogP contribution in [0.25, 0.3) is 0 Å². The lowest BCUT2D eigenvalue weighted by molar-refractivity contribution is -0.278. The fourth-order valence-corrected chi connectivity index (χ4v) is 9.00. The maximum absolute atomic E-state index is 13.9. The lowest BCUT2D eigenvalue weighted by Crippen LogP contribution is -2.61. The second kappa shape index (κ2) is 17.5. The highest BCUT2D eigenvalue weighted by Crippen LogP contribution is 2.45. The summed E-state index contributed by atoms with van der Waals surface area (Å²) >= 11 is 0. The summed E-state index contributed by atoms with van der Waals surface area (Å²) in [7, 11) is 0. The normalized spacial score (nSPS) is 28.1. The minimum absolute atomic E-state index is 0.0324. The van der Waals surface area contributed by atoms with Crippen molar-refractivity contribution in [3.63, 3.8) is 0 Å². The van der Waals surface area contributed by atoms with E-state index in [1.165, 1.54) is 6.42 Å². The molecular weight excluding hydrogens is 725 g/mol. The molecule has 3 aromatic rings. The van der Waals surface area contributed by atoms with Crippen molar-refractivity contribution >= 4 is 29.5 Å². The largest absolute Gasteiger partial charge is 0.445 e. The number of hydrogen-bond donors (Lipinski definition) is 3. The van der Waals surface area contributed by atoms with Crippen LogP contribution in [0.15, 0.2) is 78.9 Å². The monoisotopic (exact) mass is 780 g/mol. The third-order valence-corrected chi connectivity index (χ3v) is 11.9. The number of anilines is 1. The predicted octanol–water partition coefficient (Wildman–Crippen LogP) is 6.47. The van der Waals surface area contributed by atoms with Gasteiger partial charge >= 0.3 is 6.09 Å². The first kappa shape index (κ1) is 40.6. The Balaban J connectivity index is 1.13. The quantitative estimate of drug-likeness (QED) is 0.197. The van der Waals surface area contributed by atoms with Crippen LogP contribution in [-0.4, -0.2) is 70.1 Å². The van der Waals surface area contributed by atoms with Gasteiger partial charge in [-0.05, 0) is 81.2 Å². The Morgan fingerprint density at radius 3 is 2.37 bits per heavy atom. The van der Waals surface area contributed by atoms with E-state index in [9.17, 15) is 24.3 Å². The molecule has 12 nitrogen and oxygen atoms in total. The summed E-state index contributed by atoms with van der Waals surface area (Å²) in [6.45, 7) is 8.65. The highest BCUT2D eigenvalue weighted by molar-refractivity contribution is 6.22. The maximum atomic E-state index is 13.9. The predicted molar refractivity (Wildman–Crippen MR) is 213 cm³/mol. The van der Waals surface area contributed by atoms with E-state index >= 15 is 0 Å². The molecule has 3 heterocycles. The number of aliphatic hydroxyl groups is 1. The van der Waals surface area contributed by atoms with Gasteiger partial charge in [0.2, 0.25) is 11.8 Å². The number of likely N-dealkylation sites (tertiary alicyclic amines) is 1. The van der Waals surface area contributed by atoms with Crippen LogP contribution < -0.4 is 15.5 Å². The molecule has 3 saturated heterocycles.